The van der Waals surface area contributed by atoms with Crippen LogP contribution in [0.5, 0.6) is 23.0 Å². The number of rotatable bonds is 11. The van der Waals surface area contributed by atoms with Gasteiger partial charge in [0.05, 0.1) is 23.1 Å². The highest BCUT2D eigenvalue weighted by Gasteiger charge is 2.35. The van der Waals surface area contributed by atoms with Crippen LogP contribution in [0.4, 0.5) is 4.39 Å². The van der Waals surface area contributed by atoms with Crippen molar-refractivity contribution in [2.75, 3.05) is 19.3 Å². The molecule has 220 valence electrons. The maximum Gasteiger partial charge on any atom is 0.226 e. The standard InChI is InChI=1S/C31H37FN2O6S/c1-4-22(5-2)20-31(36)12-14-34(15-13-31)30(35)18-23-16-26(39-24-6-9-28(10-7-24)41(3,37)38)19-27(17-23)40-25-8-11-29(32)33-21-25/h6-11,16-17,19,21-22,36H,4-5,12-15,18,20H2,1-3H3. The normalized spacial score (nSPS) is 15.1. The van der Waals surface area contributed by atoms with Crippen molar-refractivity contribution in [1.29, 1.82) is 0 Å². The maximum atomic E-state index is 13.3. The smallest absolute Gasteiger partial charge is 0.226 e. The first-order chi connectivity index (χ1) is 19.5. The number of carbonyl (C=O) groups is 1. The molecule has 2 heterocycles. The summed E-state index contributed by atoms with van der Waals surface area (Å²) in [6, 6.07) is 13.7. The lowest BCUT2D eigenvalue weighted by atomic mass is 9.81. The summed E-state index contributed by atoms with van der Waals surface area (Å²) in [5, 5.41) is 11.1. The number of sulfone groups is 1. The Kier molecular flexibility index (Phi) is 9.65. The maximum absolute atomic E-state index is 13.3. The average molecular weight is 585 g/mol. The summed E-state index contributed by atoms with van der Waals surface area (Å²) in [5.74, 6) is 1.23. The van der Waals surface area contributed by atoms with Crippen molar-refractivity contribution in [1.82, 2.24) is 9.88 Å². The van der Waals surface area contributed by atoms with Crippen molar-refractivity contribution in [3.05, 3.63) is 72.3 Å². The summed E-state index contributed by atoms with van der Waals surface area (Å²) in [4.78, 5) is 18.8. The monoisotopic (exact) mass is 584 g/mol. The Hall–Kier alpha value is -3.50. The first kappa shape index (κ1) is 30.5. The molecule has 0 bridgehead atoms. The first-order valence-electron chi connectivity index (χ1n) is 13.9. The zero-order valence-corrected chi connectivity index (χ0v) is 24.5. The van der Waals surface area contributed by atoms with Crippen molar-refractivity contribution in [3.63, 3.8) is 0 Å². The van der Waals surface area contributed by atoms with Gasteiger partial charge in [0.15, 0.2) is 9.84 Å². The van der Waals surface area contributed by atoms with E-state index >= 15 is 0 Å². The number of hydrogen-bond donors (Lipinski definition) is 1. The second kappa shape index (κ2) is 13.0. The van der Waals surface area contributed by atoms with Crippen LogP contribution in [-0.4, -0.2) is 54.3 Å². The van der Waals surface area contributed by atoms with Gasteiger partial charge in [-0.2, -0.15) is 4.39 Å². The Morgan fingerprint density at radius 1 is 0.976 bits per heavy atom. The number of aliphatic hydroxyl groups is 1. The van der Waals surface area contributed by atoms with Crippen LogP contribution in [0.2, 0.25) is 0 Å². The molecule has 0 unspecified atom stereocenters. The number of amides is 1. The second-order valence-corrected chi connectivity index (χ2v) is 12.8. The Morgan fingerprint density at radius 2 is 1.56 bits per heavy atom. The fourth-order valence-corrected chi connectivity index (χ4v) is 5.71. The van der Waals surface area contributed by atoms with Crippen LogP contribution in [0.3, 0.4) is 0 Å². The van der Waals surface area contributed by atoms with Crippen LogP contribution in [0.1, 0.15) is 51.5 Å². The predicted molar refractivity (Wildman–Crippen MR) is 153 cm³/mol. The summed E-state index contributed by atoms with van der Waals surface area (Å²) in [7, 11) is -3.35. The number of carbonyl (C=O) groups excluding carboxylic acids is 1. The zero-order chi connectivity index (χ0) is 29.6. The van der Waals surface area contributed by atoms with E-state index in [2.05, 4.69) is 18.8 Å². The number of hydrogen-bond acceptors (Lipinski definition) is 7. The fraction of sp³-hybridized carbons (Fsp3) is 0.419. The molecule has 0 saturated carbocycles. The zero-order valence-electron chi connectivity index (χ0n) is 23.7. The van der Waals surface area contributed by atoms with Crippen LogP contribution >= 0.6 is 0 Å². The van der Waals surface area contributed by atoms with E-state index in [9.17, 15) is 22.7 Å². The van der Waals surface area contributed by atoms with Gasteiger partial charge in [-0.05, 0) is 79.3 Å². The van der Waals surface area contributed by atoms with Crippen molar-refractivity contribution >= 4 is 15.7 Å². The fourth-order valence-electron chi connectivity index (χ4n) is 5.08. The van der Waals surface area contributed by atoms with Crippen LogP contribution < -0.4 is 9.47 Å². The van der Waals surface area contributed by atoms with E-state index in [1.165, 1.54) is 30.5 Å². The highest BCUT2D eigenvalue weighted by molar-refractivity contribution is 7.90. The molecule has 0 atom stereocenters. The molecule has 0 radical (unpaired) electrons. The minimum Gasteiger partial charge on any atom is -0.457 e. The molecule has 41 heavy (non-hydrogen) atoms. The number of piperidine rings is 1. The van der Waals surface area contributed by atoms with Gasteiger partial charge >= 0.3 is 0 Å². The topological polar surface area (TPSA) is 106 Å². The van der Waals surface area contributed by atoms with E-state index in [4.69, 9.17) is 9.47 Å². The molecule has 1 N–H and O–H groups in total. The first-order valence-corrected chi connectivity index (χ1v) is 15.8. The largest absolute Gasteiger partial charge is 0.457 e. The van der Waals surface area contributed by atoms with Gasteiger partial charge in [0.1, 0.15) is 23.0 Å². The minimum absolute atomic E-state index is 0.0707. The number of aromatic nitrogens is 1. The summed E-state index contributed by atoms with van der Waals surface area (Å²) in [5.41, 5.74) is -0.0962. The lowest BCUT2D eigenvalue weighted by Gasteiger charge is -2.40. The third-order valence-electron chi connectivity index (χ3n) is 7.59. The van der Waals surface area contributed by atoms with E-state index in [1.54, 1.807) is 35.2 Å². The number of likely N-dealkylation sites (tertiary alicyclic amines) is 1. The van der Waals surface area contributed by atoms with Crippen LogP contribution in [0.15, 0.2) is 65.7 Å². The number of benzene rings is 2. The van der Waals surface area contributed by atoms with Gasteiger partial charge in [-0.3, -0.25) is 4.79 Å². The average Bonchev–Trinajstić information content (AvgIpc) is 2.93. The molecule has 1 aromatic heterocycles. The lowest BCUT2D eigenvalue weighted by molar-refractivity contribution is -0.135. The van der Waals surface area contributed by atoms with E-state index in [-0.39, 0.29) is 17.2 Å². The van der Waals surface area contributed by atoms with Crippen molar-refractivity contribution in [3.8, 4) is 23.0 Å². The molecule has 1 saturated heterocycles. The summed E-state index contributed by atoms with van der Waals surface area (Å²) >= 11 is 0. The van der Waals surface area contributed by atoms with Gasteiger partial charge in [0.25, 0.3) is 0 Å². The Bertz CT molecular complexity index is 1430. The highest BCUT2D eigenvalue weighted by Crippen LogP contribution is 2.33. The van der Waals surface area contributed by atoms with Crippen molar-refractivity contribution < 1.29 is 32.2 Å². The van der Waals surface area contributed by atoms with Crippen LogP contribution in [0.25, 0.3) is 0 Å². The lowest BCUT2D eigenvalue weighted by Crippen LogP contribution is -2.47. The minimum atomic E-state index is -3.35. The molecular weight excluding hydrogens is 547 g/mol. The third kappa shape index (κ3) is 8.50. The molecule has 3 aromatic rings. The Morgan fingerprint density at radius 3 is 2.10 bits per heavy atom. The SMILES string of the molecule is CCC(CC)CC1(O)CCN(C(=O)Cc2cc(Oc3ccc(S(C)(=O)=O)cc3)cc(Oc3ccc(F)nc3)c2)CC1. The third-order valence-corrected chi connectivity index (χ3v) is 8.72. The molecule has 4 rings (SSSR count). The molecular formula is C31H37FN2O6S. The Labute approximate surface area is 241 Å². The molecule has 8 nitrogen and oxygen atoms in total. The van der Waals surface area contributed by atoms with E-state index in [1.807, 2.05) is 0 Å². The van der Waals surface area contributed by atoms with Gasteiger partial charge in [-0.1, -0.05) is 26.7 Å². The predicted octanol–water partition coefficient (Wildman–Crippen LogP) is 5.93. The Balaban J connectivity index is 1.50. The molecule has 0 spiro atoms. The molecule has 1 aliphatic rings. The summed E-state index contributed by atoms with van der Waals surface area (Å²) in [6.07, 6.45) is 6.39. The van der Waals surface area contributed by atoms with Gasteiger partial charge in [0.2, 0.25) is 11.9 Å². The van der Waals surface area contributed by atoms with Gasteiger partial charge in [-0.15, -0.1) is 0 Å². The van der Waals surface area contributed by atoms with Gasteiger partial charge in [-0.25, -0.2) is 13.4 Å². The molecule has 0 aliphatic carbocycles. The van der Waals surface area contributed by atoms with Crippen LogP contribution in [-0.2, 0) is 21.1 Å². The van der Waals surface area contributed by atoms with Gasteiger partial charge < -0.3 is 19.5 Å². The highest BCUT2D eigenvalue weighted by atomic mass is 32.2. The number of ether oxygens (including phenoxy) is 2. The number of halogens is 1. The summed E-state index contributed by atoms with van der Waals surface area (Å²) in [6.45, 7) is 5.26. The number of nitrogens with zero attached hydrogens (tertiary/aromatic N) is 2. The van der Waals surface area contributed by atoms with E-state index < -0.39 is 21.4 Å². The summed E-state index contributed by atoms with van der Waals surface area (Å²) < 4.78 is 48.7. The van der Waals surface area contributed by atoms with Gasteiger partial charge in [0, 0.05) is 25.4 Å². The van der Waals surface area contributed by atoms with Crippen molar-refractivity contribution in [2.45, 2.75) is 62.9 Å². The molecule has 2 aromatic carbocycles. The second-order valence-electron chi connectivity index (χ2n) is 10.7. The number of pyridine rings is 1. The van der Waals surface area contributed by atoms with Crippen LogP contribution in [0, 0.1) is 11.9 Å². The quantitative estimate of drug-likeness (QED) is 0.279. The van der Waals surface area contributed by atoms with E-state index in [0.717, 1.165) is 25.5 Å². The van der Waals surface area contributed by atoms with E-state index in [0.29, 0.717) is 60.4 Å². The van der Waals surface area contributed by atoms with Crippen molar-refractivity contribution in [2.24, 2.45) is 5.92 Å². The molecule has 1 aliphatic heterocycles. The molecule has 1 fully saturated rings. The molecule has 10 heteroatoms. The molecule has 1 amide bonds.